The number of esters is 1. The van der Waals surface area contributed by atoms with Crippen molar-refractivity contribution < 1.29 is 9.53 Å². The molecule has 1 fully saturated rings. The first-order valence-electron chi connectivity index (χ1n) is 6.50. The van der Waals surface area contributed by atoms with Crippen LogP contribution < -0.4 is 0 Å². The lowest BCUT2D eigenvalue weighted by atomic mass is 10.4. The zero-order valence-corrected chi connectivity index (χ0v) is 12.0. The van der Waals surface area contributed by atoms with Gasteiger partial charge in [0.15, 0.2) is 0 Å². The highest BCUT2D eigenvalue weighted by Crippen LogP contribution is 2.29. The lowest BCUT2D eigenvalue weighted by Crippen LogP contribution is -2.28. The summed E-state index contributed by atoms with van der Waals surface area (Å²) < 4.78 is 6.30. The van der Waals surface area contributed by atoms with Crippen LogP contribution in [0.2, 0.25) is 0 Å². The van der Waals surface area contributed by atoms with Crippen LogP contribution in [-0.4, -0.2) is 38.8 Å². The topological polar surface area (TPSA) is 60.2 Å². The van der Waals surface area contributed by atoms with Gasteiger partial charge in [0.1, 0.15) is 6.33 Å². The predicted molar refractivity (Wildman–Crippen MR) is 74.2 cm³/mol. The molecule has 0 saturated heterocycles. The van der Waals surface area contributed by atoms with Crippen LogP contribution in [0.4, 0.5) is 0 Å². The van der Waals surface area contributed by atoms with E-state index in [1.807, 2.05) is 0 Å². The van der Waals surface area contributed by atoms with E-state index in [-0.39, 0.29) is 5.82 Å². The van der Waals surface area contributed by atoms with Gasteiger partial charge in [0, 0.05) is 17.5 Å². The van der Waals surface area contributed by atoms with E-state index in [0.717, 1.165) is 6.54 Å². The van der Waals surface area contributed by atoms with Crippen molar-refractivity contribution in [2.45, 2.75) is 32.1 Å². The lowest BCUT2D eigenvalue weighted by Gasteiger charge is -2.20. The third-order valence-electron chi connectivity index (χ3n) is 3.23. The molecule has 6 nitrogen and oxygen atoms in total. The van der Waals surface area contributed by atoms with E-state index in [1.54, 1.807) is 22.3 Å². The SMILES string of the molecule is COC(=O)c1ncn(CN(Cc2cccs2)C2CC2)n1. The maximum absolute atomic E-state index is 11.3. The van der Waals surface area contributed by atoms with Gasteiger partial charge < -0.3 is 4.74 Å². The van der Waals surface area contributed by atoms with Crippen LogP contribution in [0.5, 0.6) is 0 Å². The van der Waals surface area contributed by atoms with Crippen molar-refractivity contribution in [3.8, 4) is 0 Å². The monoisotopic (exact) mass is 292 g/mol. The summed E-state index contributed by atoms with van der Waals surface area (Å²) in [6.45, 7) is 1.56. The highest BCUT2D eigenvalue weighted by atomic mass is 32.1. The van der Waals surface area contributed by atoms with Gasteiger partial charge in [0.05, 0.1) is 13.8 Å². The maximum Gasteiger partial charge on any atom is 0.377 e. The Hall–Kier alpha value is -1.73. The molecule has 0 unspecified atom stereocenters. The molecule has 1 saturated carbocycles. The number of ether oxygens (including phenoxy) is 1. The van der Waals surface area contributed by atoms with Crippen LogP contribution >= 0.6 is 11.3 Å². The number of thiophene rings is 1. The van der Waals surface area contributed by atoms with Crippen molar-refractivity contribution in [3.05, 3.63) is 34.5 Å². The van der Waals surface area contributed by atoms with Crippen LogP contribution in [0.15, 0.2) is 23.8 Å². The van der Waals surface area contributed by atoms with Crippen LogP contribution in [0.25, 0.3) is 0 Å². The van der Waals surface area contributed by atoms with Gasteiger partial charge in [0.25, 0.3) is 5.82 Å². The van der Waals surface area contributed by atoms with Gasteiger partial charge in [-0.3, -0.25) is 4.90 Å². The highest BCUT2D eigenvalue weighted by molar-refractivity contribution is 7.09. The molecule has 0 aromatic carbocycles. The number of carbonyl (C=O) groups excluding carboxylic acids is 1. The van der Waals surface area contributed by atoms with Gasteiger partial charge in [-0.2, -0.15) is 0 Å². The fourth-order valence-corrected chi connectivity index (χ4v) is 2.80. The summed E-state index contributed by atoms with van der Waals surface area (Å²) in [7, 11) is 1.33. The number of methoxy groups -OCH3 is 1. The second-order valence-electron chi connectivity index (χ2n) is 4.80. The molecule has 2 heterocycles. The van der Waals surface area contributed by atoms with Crippen LogP contribution in [0.1, 0.15) is 28.3 Å². The summed E-state index contributed by atoms with van der Waals surface area (Å²) in [6, 6.07) is 4.82. The second kappa shape index (κ2) is 5.72. The molecule has 7 heteroatoms. The van der Waals surface area contributed by atoms with Crippen molar-refractivity contribution in [3.63, 3.8) is 0 Å². The van der Waals surface area contributed by atoms with Crippen molar-refractivity contribution in [2.75, 3.05) is 7.11 Å². The summed E-state index contributed by atoms with van der Waals surface area (Å²) in [5.41, 5.74) is 0. The zero-order valence-electron chi connectivity index (χ0n) is 11.2. The Kier molecular flexibility index (Phi) is 3.79. The first-order chi connectivity index (χ1) is 9.76. The summed E-state index contributed by atoms with van der Waals surface area (Å²) in [5.74, 6) is -0.389. The van der Waals surface area contributed by atoms with Gasteiger partial charge in [0.2, 0.25) is 0 Å². The summed E-state index contributed by atoms with van der Waals surface area (Å²) >= 11 is 1.76. The predicted octanol–water partition coefficient (Wildman–Crippen LogP) is 1.75. The molecule has 106 valence electrons. The summed E-state index contributed by atoms with van der Waals surface area (Å²) in [6.07, 6.45) is 4.03. The number of aromatic nitrogens is 3. The van der Waals surface area contributed by atoms with Crippen molar-refractivity contribution in [2.24, 2.45) is 0 Å². The van der Waals surface area contributed by atoms with E-state index in [0.29, 0.717) is 12.7 Å². The fourth-order valence-electron chi connectivity index (χ4n) is 2.07. The molecule has 1 aliphatic rings. The van der Waals surface area contributed by atoms with Gasteiger partial charge in [-0.15, -0.1) is 16.4 Å². The van der Waals surface area contributed by atoms with E-state index in [4.69, 9.17) is 0 Å². The van der Waals surface area contributed by atoms with E-state index in [2.05, 4.69) is 37.2 Å². The highest BCUT2D eigenvalue weighted by Gasteiger charge is 2.29. The largest absolute Gasteiger partial charge is 0.463 e. The number of carbonyl (C=O) groups is 1. The Balaban J connectivity index is 1.67. The van der Waals surface area contributed by atoms with Crippen molar-refractivity contribution in [1.82, 2.24) is 19.7 Å². The molecule has 0 N–H and O–H groups in total. The van der Waals surface area contributed by atoms with E-state index >= 15 is 0 Å². The summed E-state index contributed by atoms with van der Waals surface area (Å²) in [4.78, 5) is 19.0. The molecule has 0 atom stereocenters. The lowest BCUT2D eigenvalue weighted by molar-refractivity contribution is 0.0585. The van der Waals surface area contributed by atoms with Crippen molar-refractivity contribution in [1.29, 1.82) is 0 Å². The minimum absolute atomic E-state index is 0.111. The average Bonchev–Trinajstić information content (AvgIpc) is 2.99. The van der Waals surface area contributed by atoms with E-state index < -0.39 is 5.97 Å². The second-order valence-corrected chi connectivity index (χ2v) is 5.83. The molecule has 0 amide bonds. The molecule has 0 bridgehead atoms. The number of hydrogen-bond acceptors (Lipinski definition) is 6. The molecule has 20 heavy (non-hydrogen) atoms. The minimum Gasteiger partial charge on any atom is -0.463 e. The Morgan fingerprint density at radius 1 is 1.60 bits per heavy atom. The Labute approximate surface area is 121 Å². The molecule has 3 rings (SSSR count). The van der Waals surface area contributed by atoms with Gasteiger partial charge >= 0.3 is 5.97 Å². The van der Waals surface area contributed by atoms with E-state index in [9.17, 15) is 4.79 Å². The van der Waals surface area contributed by atoms with Crippen LogP contribution in [0.3, 0.4) is 0 Å². The first-order valence-corrected chi connectivity index (χ1v) is 7.38. The maximum atomic E-state index is 11.3. The fraction of sp³-hybridized carbons (Fsp3) is 0.462. The van der Waals surface area contributed by atoms with Crippen LogP contribution in [-0.2, 0) is 18.0 Å². The van der Waals surface area contributed by atoms with Crippen molar-refractivity contribution >= 4 is 17.3 Å². The molecule has 2 aromatic heterocycles. The third kappa shape index (κ3) is 3.05. The number of hydrogen-bond donors (Lipinski definition) is 0. The molecule has 0 aliphatic heterocycles. The molecular formula is C13H16N4O2S. The quantitative estimate of drug-likeness (QED) is 0.759. The minimum atomic E-state index is -0.500. The molecule has 0 spiro atoms. The smallest absolute Gasteiger partial charge is 0.377 e. The molecular weight excluding hydrogens is 276 g/mol. The zero-order chi connectivity index (χ0) is 13.9. The molecule has 0 radical (unpaired) electrons. The normalized spacial score (nSPS) is 14.7. The Morgan fingerprint density at radius 2 is 2.45 bits per heavy atom. The average molecular weight is 292 g/mol. The van der Waals surface area contributed by atoms with Crippen LogP contribution in [0, 0.1) is 0 Å². The standard InChI is InChI=1S/C13H16N4O2S/c1-19-13(18)12-14-8-17(15-12)9-16(10-4-5-10)7-11-3-2-6-20-11/h2-3,6,8,10H,4-5,7,9H2,1H3. The Bertz CT molecular complexity index is 577. The number of rotatable bonds is 6. The molecule has 2 aromatic rings. The van der Waals surface area contributed by atoms with Gasteiger partial charge in [-0.25, -0.2) is 14.5 Å². The number of nitrogens with zero attached hydrogens (tertiary/aromatic N) is 4. The van der Waals surface area contributed by atoms with Gasteiger partial charge in [-0.1, -0.05) is 6.07 Å². The first kappa shape index (κ1) is 13.3. The Morgan fingerprint density at radius 3 is 3.10 bits per heavy atom. The third-order valence-corrected chi connectivity index (χ3v) is 4.09. The van der Waals surface area contributed by atoms with E-state index in [1.165, 1.54) is 24.8 Å². The van der Waals surface area contributed by atoms with Gasteiger partial charge in [-0.05, 0) is 24.3 Å². The summed E-state index contributed by atoms with van der Waals surface area (Å²) in [5, 5.41) is 6.24. The molecule has 1 aliphatic carbocycles.